The number of carbonyl (C=O) groups excluding carboxylic acids is 1. The van der Waals surface area contributed by atoms with E-state index in [2.05, 4.69) is 24.5 Å². The number of hydrogen-bond donors (Lipinski definition) is 0. The zero-order valence-electron chi connectivity index (χ0n) is 26.8. The van der Waals surface area contributed by atoms with Gasteiger partial charge in [-0.15, -0.1) is 0 Å². The maximum absolute atomic E-state index is 14.3. The number of aromatic nitrogens is 6. The minimum absolute atomic E-state index is 0.0322. The molecule has 3 aromatic heterocycles. The minimum atomic E-state index is -0.497. The van der Waals surface area contributed by atoms with E-state index >= 15 is 0 Å². The fourth-order valence-electron chi connectivity index (χ4n) is 6.33. The summed E-state index contributed by atoms with van der Waals surface area (Å²) in [5.74, 6) is 0.220. The highest BCUT2D eigenvalue weighted by atomic mass is 19.1. The standard InChI is InChI=1S/C35H35FN8O4/c1-42-11-8-30(41-42)27-16-25(34(45)46-2)17-31-33(27)40-32(44(31)19-26-9-14-47-26)20-43-12-6-23(7-13-43)29-5-10-38-35(39-29)48-21-24-4-3-22(18-37)15-28(24)36/h3-5,8,10-11,15-17,23,26H,6-7,9,12-14,19-21H2,1-2H3/t26-/m0/s1. The van der Waals surface area contributed by atoms with Crippen LogP contribution in [0.2, 0.25) is 0 Å². The van der Waals surface area contributed by atoms with Crippen molar-refractivity contribution in [1.82, 2.24) is 34.2 Å². The minimum Gasteiger partial charge on any atom is -0.465 e. The lowest BCUT2D eigenvalue weighted by atomic mass is 9.93. The van der Waals surface area contributed by atoms with Gasteiger partial charge in [0.2, 0.25) is 0 Å². The highest BCUT2D eigenvalue weighted by molar-refractivity contribution is 6.00. The van der Waals surface area contributed by atoms with Crippen molar-refractivity contribution in [2.24, 2.45) is 7.05 Å². The summed E-state index contributed by atoms with van der Waals surface area (Å²) in [6.07, 6.45) is 6.39. The van der Waals surface area contributed by atoms with Crippen molar-refractivity contribution >= 4 is 17.0 Å². The molecule has 7 rings (SSSR count). The van der Waals surface area contributed by atoms with E-state index in [0.717, 1.165) is 72.8 Å². The van der Waals surface area contributed by atoms with Gasteiger partial charge in [0, 0.05) is 43.1 Å². The van der Waals surface area contributed by atoms with Gasteiger partial charge in [0.1, 0.15) is 18.2 Å². The number of carbonyl (C=O) groups is 1. The number of imidazole rings is 1. The summed E-state index contributed by atoms with van der Waals surface area (Å²) in [5, 5.41) is 13.6. The number of halogens is 1. The van der Waals surface area contributed by atoms with E-state index in [-0.39, 0.29) is 30.2 Å². The first-order valence-corrected chi connectivity index (χ1v) is 16.0. The lowest BCUT2D eigenvalue weighted by Gasteiger charge is -2.32. The quantitative estimate of drug-likeness (QED) is 0.195. The molecular weight excluding hydrogens is 615 g/mol. The summed E-state index contributed by atoms with van der Waals surface area (Å²) in [7, 11) is 3.25. The number of ether oxygens (including phenoxy) is 3. The van der Waals surface area contributed by atoms with Crippen LogP contribution in [-0.4, -0.2) is 73.1 Å². The molecule has 2 aliphatic rings. The van der Waals surface area contributed by atoms with E-state index in [4.69, 9.17) is 24.5 Å². The van der Waals surface area contributed by atoms with Crippen molar-refractivity contribution in [1.29, 1.82) is 5.26 Å². The Morgan fingerprint density at radius 3 is 2.65 bits per heavy atom. The van der Waals surface area contributed by atoms with Gasteiger partial charge in [0.25, 0.3) is 0 Å². The molecule has 1 atom stereocenters. The molecule has 13 heteroatoms. The topological polar surface area (TPSA) is 133 Å². The van der Waals surface area contributed by atoms with Crippen LogP contribution < -0.4 is 4.74 Å². The second kappa shape index (κ2) is 13.5. The number of esters is 1. The van der Waals surface area contributed by atoms with E-state index < -0.39 is 11.8 Å². The van der Waals surface area contributed by atoms with Crippen LogP contribution in [0, 0.1) is 17.1 Å². The average Bonchev–Trinajstić information content (AvgIpc) is 3.68. The maximum atomic E-state index is 14.3. The second-order valence-electron chi connectivity index (χ2n) is 12.2. The Hall–Kier alpha value is -5.19. The van der Waals surface area contributed by atoms with Crippen molar-refractivity contribution in [3.63, 3.8) is 0 Å². The van der Waals surface area contributed by atoms with Crippen molar-refractivity contribution < 1.29 is 23.4 Å². The van der Waals surface area contributed by atoms with Crippen molar-refractivity contribution in [2.75, 3.05) is 26.8 Å². The normalized spacial score (nSPS) is 16.8. The van der Waals surface area contributed by atoms with Gasteiger partial charge in [-0.25, -0.2) is 19.2 Å². The molecule has 0 unspecified atom stereocenters. The molecule has 0 spiro atoms. The van der Waals surface area contributed by atoms with E-state index in [1.807, 2.05) is 43.6 Å². The van der Waals surface area contributed by atoms with Gasteiger partial charge in [0.05, 0.1) is 65.9 Å². The third-order valence-corrected chi connectivity index (χ3v) is 9.09. The Morgan fingerprint density at radius 1 is 1.12 bits per heavy atom. The van der Waals surface area contributed by atoms with Crippen LogP contribution in [-0.2, 0) is 36.2 Å². The number of methoxy groups -OCH3 is 1. The van der Waals surface area contributed by atoms with Crippen LogP contribution in [0.25, 0.3) is 22.3 Å². The SMILES string of the molecule is COC(=O)c1cc(-c2ccn(C)n2)c2nc(CN3CCC(c4ccnc(OCc5ccc(C#N)cc5F)n4)CC3)n(C[C@@H]3CCO3)c2c1. The van der Waals surface area contributed by atoms with Crippen LogP contribution in [0.15, 0.2) is 54.9 Å². The molecule has 48 heavy (non-hydrogen) atoms. The maximum Gasteiger partial charge on any atom is 0.337 e. The fraction of sp³-hybridized carbons (Fsp3) is 0.371. The van der Waals surface area contributed by atoms with Crippen LogP contribution in [0.4, 0.5) is 4.39 Å². The zero-order valence-corrected chi connectivity index (χ0v) is 26.8. The van der Waals surface area contributed by atoms with Crippen LogP contribution in [0.3, 0.4) is 0 Å². The number of nitrogens with zero attached hydrogens (tertiary/aromatic N) is 8. The summed E-state index contributed by atoms with van der Waals surface area (Å²) in [6.45, 7) is 3.67. The highest BCUT2D eigenvalue weighted by Gasteiger charge is 2.28. The molecule has 5 heterocycles. The molecular formula is C35H35FN8O4. The van der Waals surface area contributed by atoms with Gasteiger partial charge in [-0.3, -0.25) is 9.58 Å². The molecule has 0 radical (unpaired) electrons. The number of fused-ring (bicyclic) bond motifs is 1. The van der Waals surface area contributed by atoms with Crippen molar-refractivity contribution in [3.8, 4) is 23.3 Å². The molecule has 246 valence electrons. The first-order chi connectivity index (χ1) is 23.4. The first-order valence-electron chi connectivity index (χ1n) is 16.0. The number of aryl methyl sites for hydroxylation is 1. The summed E-state index contributed by atoms with van der Waals surface area (Å²) >= 11 is 0. The summed E-state index contributed by atoms with van der Waals surface area (Å²) in [6, 6.07) is 13.9. The Bertz CT molecular complexity index is 2010. The van der Waals surface area contributed by atoms with Crippen molar-refractivity contribution in [2.45, 2.75) is 51.0 Å². The Kier molecular flexibility index (Phi) is 8.84. The molecule has 2 fully saturated rings. The van der Waals surface area contributed by atoms with Crippen molar-refractivity contribution in [3.05, 3.63) is 88.9 Å². The first kappa shape index (κ1) is 31.4. The lowest BCUT2D eigenvalue weighted by molar-refractivity contribution is -0.0592. The number of likely N-dealkylation sites (tertiary alicyclic amines) is 1. The summed E-state index contributed by atoms with van der Waals surface area (Å²) in [4.78, 5) is 29.2. The summed E-state index contributed by atoms with van der Waals surface area (Å²) < 4.78 is 34.9. The molecule has 0 amide bonds. The third-order valence-electron chi connectivity index (χ3n) is 9.09. The van der Waals surface area contributed by atoms with Crippen LogP contribution in [0.1, 0.15) is 58.2 Å². The van der Waals surface area contributed by atoms with E-state index in [1.165, 1.54) is 13.2 Å². The molecule has 2 saturated heterocycles. The average molecular weight is 651 g/mol. The van der Waals surface area contributed by atoms with E-state index in [9.17, 15) is 9.18 Å². The van der Waals surface area contributed by atoms with Crippen LogP contribution in [0.5, 0.6) is 6.01 Å². The van der Waals surface area contributed by atoms with Gasteiger partial charge in [-0.1, -0.05) is 6.07 Å². The predicted octanol–water partition coefficient (Wildman–Crippen LogP) is 4.77. The van der Waals surface area contributed by atoms with Gasteiger partial charge < -0.3 is 18.8 Å². The smallest absolute Gasteiger partial charge is 0.337 e. The molecule has 0 bridgehead atoms. The second-order valence-corrected chi connectivity index (χ2v) is 12.2. The monoisotopic (exact) mass is 650 g/mol. The number of nitriles is 1. The Labute approximate surface area is 276 Å². The summed E-state index contributed by atoms with van der Waals surface area (Å²) in [5.41, 5.74) is 5.10. The van der Waals surface area contributed by atoms with Gasteiger partial charge in [-0.2, -0.15) is 15.3 Å². The predicted molar refractivity (Wildman–Crippen MR) is 172 cm³/mol. The zero-order chi connectivity index (χ0) is 33.2. The number of hydrogen-bond acceptors (Lipinski definition) is 10. The van der Waals surface area contributed by atoms with Crippen LogP contribution >= 0.6 is 0 Å². The molecule has 2 aromatic carbocycles. The molecule has 5 aromatic rings. The number of piperidine rings is 1. The van der Waals surface area contributed by atoms with E-state index in [0.29, 0.717) is 24.2 Å². The van der Waals surface area contributed by atoms with Gasteiger partial charge in [-0.05, 0) is 68.8 Å². The Balaban J connectivity index is 1.08. The Morgan fingerprint density at radius 2 is 1.96 bits per heavy atom. The number of rotatable bonds is 10. The molecule has 0 saturated carbocycles. The molecule has 12 nitrogen and oxygen atoms in total. The highest BCUT2D eigenvalue weighted by Crippen LogP contribution is 2.33. The largest absolute Gasteiger partial charge is 0.465 e. The molecule has 0 N–H and O–H groups in total. The van der Waals surface area contributed by atoms with Gasteiger partial charge >= 0.3 is 12.0 Å². The fourth-order valence-corrected chi connectivity index (χ4v) is 6.33. The van der Waals surface area contributed by atoms with E-state index in [1.54, 1.807) is 23.0 Å². The van der Waals surface area contributed by atoms with Gasteiger partial charge in [0.15, 0.2) is 0 Å². The molecule has 0 aliphatic carbocycles. The third kappa shape index (κ3) is 6.49. The molecule has 2 aliphatic heterocycles. The number of benzene rings is 2. The lowest BCUT2D eigenvalue weighted by Crippen LogP contribution is -2.35.